The van der Waals surface area contributed by atoms with Gasteiger partial charge in [-0.2, -0.15) is 0 Å². The summed E-state index contributed by atoms with van der Waals surface area (Å²) in [7, 11) is -3.76. The van der Waals surface area contributed by atoms with Crippen LogP contribution in [0.5, 0.6) is 0 Å². The molecule has 1 aliphatic rings. The fourth-order valence-corrected chi connectivity index (χ4v) is 6.17. The standard InChI is InChI=1S/C27H36BrN3O4S/c1-19-10-8-11-20(2)26(19)31(36(4,34)35)18-25(32)30(17-22-12-9-13-23(28)16-22)21(3)27(33)29-24-14-6-5-7-15-24/h8-13,16,21,24H,5-7,14-15,17-18H2,1-4H3,(H,29,33)/t21-/m1/s1. The Balaban J connectivity index is 1.91. The van der Waals surface area contributed by atoms with Crippen molar-refractivity contribution in [2.24, 2.45) is 0 Å². The second kappa shape index (κ2) is 12.2. The predicted octanol–water partition coefficient (Wildman–Crippen LogP) is 4.70. The fraction of sp³-hybridized carbons (Fsp3) is 0.481. The van der Waals surface area contributed by atoms with Crippen LogP contribution in [0.4, 0.5) is 5.69 Å². The summed E-state index contributed by atoms with van der Waals surface area (Å²) in [4.78, 5) is 28.5. The van der Waals surface area contributed by atoms with Gasteiger partial charge in [-0.3, -0.25) is 13.9 Å². The molecular weight excluding hydrogens is 542 g/mol. The Hall–Kier alpha value is -2.39. The molecule has 196 valence electrons. The first-order chi connectivity index (χ1) is 17.0. The van der Waals surface area contributed by atoms with E-state index in [2.05, 4.69) is 21.2 Å². The number of nitrogens with zero attached hydrogens (tertiary/aromatic N) is 2. The minimum atomic E-state index is -3.76. The zero-order chi connectivity index (χ0) is 26.5. The van der Waals surface area contributed by atoms with Crippen molar-refractivity contribution in [3.63, 3.8) is 0 Å². The summed E-state index contributed by atoms with van der Waals surface area (Å²) in [5, 5.41) is 3.11. The van der Waals surface area contributed by atoms with Gasteiger partial charge in [0.15, 0.2) is 0 Å². The van der Waals surface area contributed by atoms with E-state index in [9.17, 15) is 18.0 Å². The first kappa shape index (κ1) is 28.2. The highest BCUT2D eigenvalue weighted by molar-refractivity contribution is 9.10. The minimum Gasteiger partial charge on any atom is -0.352 e. The third kappa shape index (κ3) is 7.32. The number of amides is 2. The van der Waals surface area contributed by atoms with Gasteiger partial charge in [0.2, 0.25) is 21.8 Å². The number of hydrogen-bond donors (Lipinski definition) is 1. The van der Waals surface area contributed by atoms with Crippen molar-refractivity contribution in [3.05, 3.63) is 63.6 Å². The number of hydrogen-bond acceptors (Lipinski definition) is 4. The van der Waals surface area contributed by atoms with Gasteiger partial charge in [0.25, 0.3) is 0 Å². The van der Waals surface area contributed by atoms with Crippen LogP contribution in [0.15, 0.2) is 46.9 Å². The molecule has 0 saturated heterocycles. The molecule has 1 N–H and O–H groups in total. The largest absolute Gasteiger partial charge is 0.352 e. The lowest BCUT2D eigenvalue weighted by Crippen LogP contribution is -2.53. The van der Waals surface area contributed by atoms with Gasteiger partial charge < -0.3 is 10.2 Å². The Kier molecular flexibility index (Phi) is 9.58. The molecule has 0 aromatic heterocycles. The zero-order valence-electron chi connectivity index (χ0n) is 21.5. The maximum Gasteiger partial charge on any atom is 0.244 e. The number of carbonyl (C=O) groups is 2. The van der Waals surface area contributed by atoms with E-state index in [-0.39, 0.29) is 25.0 Å². The van der Waals surface area contributed by atoms with E-state index < -0.39 is 22.0 Å². The van der Waals surface area contributed by atoms with Gasteiger partial charge >= 0.3 is 0 Å². The van der Waals surface area contributed by atoms with Gasteiger partial charge in [-0.15, -0.1) is 0 Å². The van der Waals surface area contributed by atoms with Crippen LogP contribution in [-0.4, -0.2) is 50.0 Å². The van der Waals surface area contributed by atoms with Crippen molar-refractivity contribution in [3.8, 4) is 0 Å². The molecule has 0 heterocycles. The number of rotatable bonds is 9. The van der Waals surface area contributed by atoms with Crippen LogP contribution in [0.2, 0.25) is 0 Å². The zero-order valence-corrected chi connectivity index (χ0v) is 23.9. The smallest absolute Gasteiger partial charge is 0.244 e. The van der Waals surface area contributed by atoms with Gasteiger partial charge in [-0.1, -0.05) is 65.5 Å². The number of aryl methyl sites for hydroxylation is 2. The summed E-state index contributed by atoms with van der Waals surface area (Å²) < 4.78 is 27.7. The van der Waals surface area contributed by atoms with Crippen molar-refractivity contribution in [1.29, 1.82) is 0 Å². The molecule has 3 rings (SSSR count). The van der Waals surface area contributed by atoms with Crippen molar-refractivity contribution in [2.45, 2.75) is 71.5 Å². The van der Waals surface area contributed by atoms with E-state index in [0.717, 1.165) is 57.4 Å². The molecule has 2 aromatic carbocycles. The van der Waals surface area contributed by atoms with Crippen molar-refractivity contribution in [2.75, 3.05) is 17.1 Å². The number of anilines is 1. The lowest BCUT2D eigenvalue weighted by Gasteiger charge is -2.33. The third-order valence-corrected chi connectivity index (χ3v) is 8.33. The van der Waals surface area contributed by atoms with Crippen LogP contribution >= 0.6 is 15.9 Å². The molecule has 9 heteroatoms. The lowest BCUT2D eigenvalue weighted by atomic mass is 9.95. The average Bonchev–Trinajstić information content (AvgIpc) is 2.81. The van der Waals surface area contributed by atoms with E-state index in [1.165, 1.54) is 11.3 Å². The number of halogens is 1. The highest BCUT2D eigenvalue weighted by Crippen LogP contribution is 2.27. The Labute approximate surface area is 223 Å². The molecule has 1 aliphatic carbocycles. The van der Waals surface area contributed by atoms with Gasteiger partial charge in [-0.25, -0.2) is 8.42 Å². The SMILES string of the molecule is Cc1cccc(C)c1N(CC(=O)N(Cc1cccc(Br)c1)[C@H](C)C(=O)NC1CCCCC1)S(C)(=O)=O. The van der Waals surface area contributed by atoms with Crippen LogP contribution in [0.25, 0.3) is 0 Å². The van der Waals surface area contributed by atoms with Crippen LogP contribution in [-0.2, 0) is 26.2 Å². The van der Waals surface area contributed by atoms with Gasteiger partial charge in [0.05, 0.1) is 11.9 Å². The number of para-hydroxylation sites is 1. The van der Waals surface area contributed by atoms with E-state index in [4.69, 9.17) is 0 Å². The van der Waals surface area contributed by atoms with Gasteiger partial charge in [0.1, 0.15) is 12.6 Å². The van der Waals surface area contributed by atoms with Crippen LogP contribution in [0.1, 0.15) is 55.7 Å². The minimum absolute atomic E-state index is 0.110. The van der Waals surface area contributed by atoms with Crippen LogP contribution < -0.4 is 9.62 Å². The number of benzene rings is 2. The maximum atomic E-state index is 13.8. The molecule has 2 aromatic rings. The molecule has 0 spiro atoms. The molecule has 2 amide bonds. The van der Waals surface area contributed by atoms with Crippen molar-refractivity contribution in [1.82, 2.24) is 10.2 Å². The van der Waals surface area contributed by atoms with E-state index >= 15 is 0 Å². The number of nitrogens with one attached hydrogen (secondary N) is 1. The predicted molar refractivity (Wildman–Crippen MR) is 147 cm³/mol. The molecule has 0 bridgehead atoms. The fourth-order valence-electron chi connectivity index (χ4n) is 4.76. The molecular formula is C27H36BrN3O4S. The average molecular weight is 579 g/mol. The molecule has 0 unspecified atom stereocenters. The lowest BCUT2D eigenvalue weighted by molar-refractivity contribution is -0.139. The Morgan fingerprint density at radius 3 is 2.25 bits per heavy atom. The molecule has 36 heavy (non-hydrogen) atoms. The third-order valence-electron chi connectivity index (χ3n) is 6.73. The van der Waals surface area contributed by atoms with Crippen LogP contribution in [0, 0.1) is 13.8 Å². The summed E-state index contributed by atoms with van der Waals surface area (Å²) in [5.41, 5.74) is 2.85. The summed E-state index contributed by atoms with van der Waals surface area (Å²) in [6, 6.07) is 12.4. The van der Waals surface area contributed by atoms with Crippen molar-refractivity contribution >= 4 is 43.5 Å². The quantitative estimate of drug-likeness (QED) is 0.468. The molecule has 0 aliphatic heterocycles. The first-order valence-electron chi connectivity index (χ1n) is 12.4. The molecule has 1 fully saturated rings. The van der Waals surface area contributed by atoms with E-state index in [0.29, 0.717) is 5.69 Å². The van der Waals surface area contributed by atoms with E-state index in [1.54, 1.807) is 6.92 Å². The molecule has 7 nitrogen and oxygen atoms in total. The second-order valence-electron chi connectivity index (χ2n) is 9.68. The Morgan fingerprint density at radius 1 is 1.06 bits per heavy atom. The number of carbonyl (C=O) groups excluding carboxylic acids is 2. The summed E-state index contributed by atoms with van der Waals surface area (Å²) >= 11 is 3.46. The summed E-state index contributed by atoms with van der Waals surface area (Å²) in [6.45, 7) is 5.15. The molecule has 1 saturated carbocycles. The van der Waals surface area contributed by atoms with Gasteiger partial charge in [-0.05, 0) is 62.4 Å². The highest BCUT2D eigenvalue weighted by atomic mass is 79.9. The van der Waals surface area contributed by atoms with Crippen molar-refractivity contribution < 1.29 is 18.0 Å². The van der Waals surface area contributed by atoms with Gasteiger partial charge in [0, 0.05) is 17.1 Å². The summed E-state index contributed by atoms with van der Waals surface area (Å²) in [6.07, 6.45) is 6.32. The highest BCUT2D eigenvalue weighted by Gasteiger charge is 2.32. The first-order valence-corrected chi connectivity index (χ1v) is 15.0. The normalized spacial score (nSPS) is 15.2. The maximum absolute atomic E-state index is 13.8. The Bertz CT molecular complexity index is 1180. The second-order valence-corrected chi connectivity index (χ2v) is 12.5. The molecule has 0 radical (unpaired) electrons. The Morgan fingerprint density at radius 2 is 1.67 bits per heavy atom. The molecule has 1 atom stereocenters. The number of sulfonamides is 1. The topological polar surface area (TPSA) is 86.8 Å². The van der Waals surface area contributed by atoms with E-state index in [1.807, 2.05) is 56.3 Å². The monoisotopic (exact) mass is 577 g/mol. The van der Waals surface area contributed by atoms with Crippen LogP contribution in [0.3, 0.4) is 0 Å². The summed E-state index contributed by atoms with van der Waals surface area (Å²) in [5.74, 6) is -0.655.